The molecule has 8 nitrogen and oxygen atoms in total. The smallest absolute Gasteiger partial charge is 0.273 e. The molecule has 0 aliphatic carbocycles. The van der Waals surface area contributed by atoms with Crippen LogP contribution in [0.15, 0.2) is 48.5 Å². The summed E-state index contributed by atoms with van der Waals surface area (Å²) in [6.45, 7) is 7.58. The molecule has 0 saturated heterocycles. The van der Waals surface area contributed by atoms with Gasteiger partial charge in [0.25, 0.3) is 11.8 Å². The number of carbonyl (C=O) groups is 3. The zero-order valence-electron chi connectivity index (χ0n) is 20.0. The Morgan fingerprint density at radius 3 is 2.17 bits per heavy atom. The van der Waals surface area contributed by atoms with E-state index in [0.717, 1.165) is 23.5 Å². The molecule has 3 amide bonds. The largest absolute Gasteiger partial charge is 0.395 e. The van der Waals surface area contributed by atoms with E-state index >= 15 is 0 Å². The number of nitrogen functional groups attached to an aromatic ring is 1. The van der Waals surface area contributed by atoms with Gasteiger partial charge in [-0.3, -0.25) is 19.3 Å². The molecule has 2 aromatic carbocycles. The van der Waals surface area contributed by atoms with Crippen molar-refractivity contribution in [1.29, 1.82) is 0 Å². The van der Waals surface area contributed by atoms with E-state index in [4.69, 9.17) is 23.1 Å². The number of anilines is 2. The Morgan fingerprint density at radius 2 is 1.69 bits per heavy atom. The van der Waals surface area contributed by atoms with Crippen molar-refractivity contribution in [3.05, 3.63) is 75.3 Å². The van der Waals surface area contributed by atoms with E-state index in [9.17, 15) is 14.4 Å². The fourth-order valence-electron chi connectivity index (χ4n) is 3.52. The van der Waals surface area contributed by atoms with Gasteiger partial charge in [-0.2, -0.15) is 4.37 Å². The highest BCUT2D eigenvalue weighted by atomic mass is 35.5. The molecule has 0 radical (unpaired) electrons. The average molecular weight is 514 g/mol. The number of aromatic nitrogens is 1. The summed E-state index contributed by atoms with van der Waals surface area (Å²) in [6.07, 6.45) is 0.809. The molecule has 35 heavy (non-hydrogen) atoms. The third-order valence-electron chi connectivity index (χ3n) is 5.19. The maximum atomic E-state index is 14.0. The van der Waals surface area contributed by atoms with Crippen molar-refractivity contribution < 1.29 is 14.4 Å². The summed E-state index contributed by atoms with van der Waals surface area (Å²) in [5.74, 6) is -1.82. The number of aryl methyl sites for hydroxylation is 1. The predicted octanol–water partition coefficient (Wildman–Crippen LogP) is 4.34. The Morgan fingerprint density at radius 1 is 1.09 bits per heavy atom. The molecule has 3 aromatic rings. The van der Waals surface area contributed by atoms with Crippen molar-refractivity contribution in [3.63, 3.8) is 0 Å². The lowest BCUT2D eigenvalue weighted by Crippen LogP contribution is -2.49. The number of halogens is 1. The number of hydrogen-bond acceptors (Lipinski definition) is 6. The van der Waals surface area contributed by atoms with Gasteiger partial charge in [0.15, 0.2) is 5.69 Å². The number of nitrogens with zero attached hydrogens (tertiary/aromatic N) is 2. The zero-order valence-corrected chi connectivity index (χ0v) is 21.5. The fourth-order valence-corrected chi connectivity index (χ4v) is 4.38. The number of nitrogens with two attached hydrogens (primary N) is 2. The van der Waals surface area contributed by atoms with Crippen molar-refractivity contribution in [2.75, 3.05) is 10.6 Å². The van der Waals surface area contributed by atoms with Gasteiger partial charge >= 0.3 is 0 Å². The molecular weight excluding hydrogens is 486 g/mol. The first-order valence-electron chi connectivity index (χ1n) is 11.0. The van der Waals surface area contributed by atoms with Crippen molar-refractivity contribution >= 4 is 52.2 Å². The molecular formula is C25H28ClN5O3S. The standard InChI is InChI=1S/C25H28ClN5O3S/c1-5-14-6-12-17(13-7-14)31(24(34)21-18(27)19(22(28)32)30-35-21)20(23(33)29-25(2,3)4)15-8-10-16(26)11-9-15/h6-13,20H,5,27H2,1-4H3,(H2,28,32)(H,29,33). The highest BCUT2D eigenvalue weighted by Gasteiger charge is 2.37. The first kappa shape index (κ1) is 26.2. The van der Waals surface area contributed by atoms with Gasteiger partial charge in [-0.25, -0.2) is 0 Å². The van der Waals surface area contributed by atoms with Crippen LogP contribution in [-0.4, -0.2) is 27.6 Å². The Kier molecular flexibility index (Phi) is 7.82. The zero-order chi connectivity index (χ0) is 25.9. The van der Waals surface area contributed by atoms with Gasteiger partial charge < -0.3 is 16.8 Å². The van der Waals surface area contributed by atoms with Crippen LogP contribution >= 0.6 is 23.1 Å². The summed E-state index contributed by atoms with van der Waals surface area (Å²) in [4.78, 5) is 40.7. The van der Waals surface area contributed by atoms with Crippen LogP contribution in [0.4, 0.5) is 11.4 Å². The van der Waals surface area contributed by atoms with E-state index in [0.29, 0.717) is 16.3 Å². The molecule has 3 rings (SSSR count). The number of benzene rings is 2. The lowest BCUT2D eigenvalue weighted by atomic mass is 10.00. The Balaban J connectivity index is 2.23. The van der Waals surface area contributed by atoms with E-state index in [1.165, 1.54) is 4.90 Å². The molecule has 0 fully saturated rings. The second-order valence-electron chi connectivity index (χ2n) is 9.03. The first-order valence-corrected chi connectivity index (χ1v) is 12.1. The summed E-state index contributed by atoms with van der Waals surface area (Å²) in [5, 5.41) is 3.46. The number of amides is 3. The van der Waals surface area contributed by atoms with Crippen LogP contribution < -0.4 is 21.7 Å². The van der Waals surface area contributed by atoms with Crippen molar-refractivity contribution in [3.8, 4) is 0 Å². The van der Waals surface area contributed by atoms with Gasteiger partial charge in [-0.15, -0.1) is 0 Å². The summed E-state index contributed by atoms with van der Waals surface area (Å²) in [5.41, 5.74) is 12.7. The van der Waals surface area contributed by atoms with Gasteiger partial charge in [0.1, 0.15) is 10.9 Å². The molecule has 5 N–H and O–H groups in total. The topological polar surface area (TPSA) is 131 Å². The van der Waals surface area contributed by atoms with Gasteiger partial charge in [0, 0.05) is 16.2 Å². The summed E-state index contributed by atoms with van der Waals surface area (Å²) >= 11 is 6.86. The van der Waals surface area contributed by atoms with E-state index in [1.807, 2.05) is 39.8 Å². The highest BCUT2D eigenvalue weighted by Crippen LogP contribution is 2.34. The van der Waals surface area contributed by atoms with Gasteiger partial charge in [0.2, 0.25) is 5.91 Å². The van der Waals surface area contributed by atoms with Crippen molar-refractivity contribution in [1.82, 2.24) is 9.69 Å². The average Bonchev–Trinajstić information content (AvgIpc) is 3.18. The molecule has 10 heteroatoms. The number of nitrogens with one attached hydrogen (secondary N) is 1. The van der Waals surface area contributed by atoms with Crippen molar-refractivity contribution in [2.45, 2.75) is 45.7 Å². The molecule has 0 spiro atoms. The minimum absolute atomic E-state index is 0.0147. The van der Waals surface area contributed by atoms with Crippen LogP contribution in [0.5, 0.6) is 0 Å². The second-order valence-corrected chi connectivity index (χ2v) is 10.2. The number of hydrogen-bond donors (Lipinski definition) is 3. The minimum Gasteiger partial charge on any atom is -0.395 e. The van der Waals surface area contributed by atoms with Crippen molar-refractivity contribution in [2.24, 2.45) is 5.73 Å². The van der Waals surface area contributed by atoms with E-state index in [2.05, 4.69) is 9.69 Å². The molecule has 0 bridgehead atoms. The molecule has 1 unspecified atom stereocenters. The van der Waals surface area contributed by atoms with Crippen LogP contribution in [0.2, 0.25) is 5.02 Å². The van der Waals surface area contributed by atoms with Crippen LogP contribution in [0.3, 0.4) is 0 Å². The first-order chi connectivity index (χ1) is 16.4. The number of rotatable bonds is 7. The molecule has 1 aromatic heterocycles. The molecule has 1 atom stereocenters. The molecule has 0 saturated carbocycles. The lowest BCUT2D eigenvalue weighted by Gasteiger charge is -2.33. The number of carbonyl (C=O) groups excluding carboxylic acids is 3. The van der Waals surface area contributed by atoms with E-state index in [-0.39, 0.29) is 16.3 Å². The Hall–Kier alpha value is -3.43. The fraction of sp³-hybridized carbons (Fsp3) is 0.280. The quantitative estimate of drug-likeness (QED) is 0.432. The van der Waals surface area contributed by atoms with E-state index in [1.54, 1.807) is 36.4 Å². The Bertz CT molecular complexity index is 1230. The van der Waals surface area contributed by atoms with Gasteiger partial charge in [-0.1, -0.05) is 42.8 Å². The second kappa shape index (κ2) is 10.5. The minimum atomic E-state index is -1.06. The molecule has 1 heterocycles. The van der Waals surface area contributed by atoms with Crippen LogP contribution in [0.25, 0.3) is 0 Å². The third kappa shape index (κ3) is 5.98. The highest BCUT2D eigenvalue weighted by molar-refractivity contribution is 7.09. The molecule has 0 aliphatic rings. The lowest BCUT2D eigenvalue weighted by molar-refractivity contribution is -0.123. The SMILES string of the molecule is CCc1ccc(N(C(=O)c2snc(C(N)=O)c2N)C(C(=O)NC(C)(C)C)c2ccc(Cl)cc2)cc1. The van der Waals surface area contributed by atoms with Gasteiger partial charge in [0.05, 0.1) is 5.69 Å². The van der Waals surface area contributed by atoms with Crippen LogP contribution in [0, 0.1) is 0 Å². The van der Waals surface area contributed by atoms with E-state index < -0.39 is 29.3 Å². The maximum absolute atomic E-state index is 14.0. The van der Waals surface area contributed by atoms with Crippen LogP contribution in [-0.2, 0) is 11.2 Å². The maximum Gasteiger partial charge on any atom is 0.273 e. The molecule has 0 aliphatic heterocycles. The summed E-state index contributed by atoms with van der Waals surface area (Å²) in [7, 11) is 0. The third-order valence-corrected chi connectivity index (χ3v) is 6.29. The summed E-state index contributed by atoms with van der Waals surface area (Å²) < 4.78 is 3.96. The monoisotopic (exact) mass is 513 g/mol. The van der Waals surface area contributed by atoms with Gasteiger partial charge in [-0.05, 0) is 74.1 Å². The normalized spacial score (nSPS) is 12.1. The Labute approximate surface area is 213 Å². The number of primary amides is 1. The summed E-state index contributed by atoms with van der Waals surface area (Å²) in [6, 6.07) is 13.0. The molecule has 184 valence electrons. The predicted molar refractivity (Wildman–Crippen MR) is 140 cm³/mol. The van der Waals surface area contributed by atoms with Crippen LogP contribution in [0.1, 0.15) is 65.0 Å².